The van der Waals surface area contributed by atoms with Gasteiger partial charge in [0.05, 0.1) is 0 Å². The van der Waals surface area contributed by atoms with Gasteiger partial charge in [0.25, 0.3) is 11.8 Å². The Hall–Kier alpha value is -2.30. The fourth-order valence-corrected chi connectivity index (χ4v) is 1.54. The van der Waals surface area contributed by atoms with Crippen molar-refractivity contribution >= 4 is 17.5 Å². The van der Waals surface area contributed by atoms with Gasteiger partial charge in [-0.1, -0.05) is 13.0 Å². The summed E-state index contributed by atoms with van der Waals surface area (Å²) in [5.41, 5.74) is 1.38. The van der Waals surface area contributed by atoms with Gasteiger partial charge in [0.1, 0.15) is 5.75 Å². The maximum atomic E-state index is 11.8. The van der Waals surface area contributed by atoms with Crippen LogP contribution >= 0.6 is 0 Å². The quantitative estimate of drug-likeness (QED) is 0.819. The third-order valence-corrected chi connectivity index (χ3v) is 2.84. The van der Waals surface area contributed by atoms with Crippen LogP contribution < -0.4 is 10.1 Å². The number of likely N-dealkylation sites (N-methyl/N-ethyl adjacent to an activating group) is 1. The molecule has 0 unspecified atom stereocenters. The first kappa shape index (κ1) is 16.8. The fraction of sp³-hybridized carbons (Fsp3) is 0.375. The van der Waals surface area contributed by atoms with Crippen molar-refractivity contribution in [2.75, 3.05) is 26.0 Å². The zero-order valence-electron chi connectivity index (χ0n) is 13.0. The molecule has 0 radical (unpaired) electrons. The lowest BCUT2D eigenvalue weighted by Gasteiger charge is -2.11. The van der Waals surface area contributed by atoms with E-state index >= 15 is 0 Å². The van der Waals surface area contributed by atoms with Crippen molar-refractivity contribution in [3.05, 3.63) is 35.9 Å². The summed E-state index contributed by atoms with van der Waals surface area (Å²) in [6.45, 7) is 3.76. The Morgan fingerprint density at radius 3 is 2.38 bits per heavy atom. The Bertz CT molecular complexity index is 519. The summed E-state index contributed by atoms with van der Waals surface area (Å²) in [4.78, 5) is 24.7. The summed E-state index contributed by atoms with van der Waals surface area (Å²) >= 11 is 0. The Balaban J connectivity index is 2.56. The highest BCUT2D eigenvalue weighted by Crippen LogP contribution is 2.16. The van der Waals surface area contributed by atoms with Crippen LogP contribution in [0, 0.1) is 0 Å². The lowest BCUT2D eigenvalue weighted by atomic mass is 10.2. The molecule has 0 aliphatic heterocycles. The van der Waals surface area contributed by atoms with Gasteiger partial charge in [0.15, 0.2) is 6.61 Å². The molecule has 0 aromatic heterocycles. The van der Waals surface area contributed by atoms with Crippen LogP contribution in [0.4, 0.5) is 5.69 Å². The van der Waals surface area contributed by atoms with Crippen molar-refractivity contribution < 1.29 is 14.3 Å². The predicted octanol–water partition coefficient (Wildman–Crippen LogP) is 2.45. The second kappa shape index (κ2) is 8.09. The molecular formula is C16H22N2O3. The highest BCUT2D eigenvalue weighted by molar-refractivity contribution is 6.03. The van der Waals surface area contributed by atoms with Gasteiger partial charge in [0, 0.05) is 25.4 Å². The molecule has 0 fully saturated rings. The Kier molecular flexibility index (Phi) is 6.46. The standard InChI is InChI=1S/C16H22N2O3/c1-5-6-12(2)16(20)17-13-7-9-14(10-8-13)21-11-15(19)18(3)4/h6-10H,5,11H2,1-4H3,(H,17,20)/b12-6+. The van der Waals surface area contributed by atoms with Crippen LogP contribution in [-0.2, 0) is 9.59 Å². The molecule has 0 spiro atoms. The van der Waals surface area contributed by atoms with E-state index in [2.05, 4.69) is 5.32 Å². The lowest BCUT2D eigenvalue weighted by molar-refractivity contribution is -0.130. The first-order valence-electron chi connectivity index (χ1n) is 6.85. The molecule has 0 saturated carbocycles. The fourth-order valence-electron chi connectivity index (χ4n) is 1.54. The third-order valence-electron chi connectivity index (χ3n) is 2.84. The summed E-state index contributed by atoms with van der Waals surface area (Å²) in [6, 6.07) is 6.92. The van der Waals surface area contributed by atoms with Gasteiger partial charge < -0.3 is 15.0 Å². The minimum Gasteiger partial charge on any atom is -0.484 e. The molecule has 114 valence electrons. The number of nitrogens with zero attached hydrogens (tertiary/aromatic N) is 1. The minimum atomic E-state index is -0.117. The van der Waals surface area contributed by atoms with E-state index in [-0.39, 0.29) is 18.4 Å². The van der Waals surface area contributed by atoms with Crippen LogP contribution in [0.1, 0.15) is 20.3 Å². The molecule has 0 aliphatic carbocycles. The van der Waals surface area contributed by atoms with E-state index in [9.17, 15) is 9.59 Å². The number of nitrogens with one attached hydrogen (secondary N) is 1. The number of hydrogen-bond donors (Lipinski definition) is 1. The second-order valence-electron chi connectivity index (χ2n) is 4.85. The number of carbonyl (C=O) groups excluding carboxylic acids is 2. The normalized spacial score (nSPS) is 11.0. The molecule has 0 bridgehead atoms. The molecule has 1 aromatic carbocycles. The van der Waals surface area contributed by atoms with Crippen molar-refractivity contribution in [2.45, 2.75) is 20.3 Å². The van der Waals surface area contributed by atoms with Crippen LogP contribution in [0.3, 0.4) is 0 Å². The summed E-state index contributed by atoms with van der Waals surface area (Å²) < 4.78 is 5.36. The first-order chi connectivity index (χ1) is 9.93. The van der Waals surface area contributed by atoms with Gasteiger partial charge in [-0.3, -0.25) is 9.59 Å². The topological polar surface area (TPSA) is 58.6 Å². The maximum absolute atomic E-state index is 11.8. The van der Waals surface area contributed by atoms with Gasteiger partial charge >= 0.3 is 0 Å². The molecule has 0 atom stereocenters. The Morgan fingerprint density at radius 2 is 1.86 bits per heavy atom. The molecule has 21 heavy (non-hydrogen) atoms. The van der Waals surface area contributed by atoms with E-state index in [0.717, 1.165) is 6.42 Å². The number of ether oxygens (including phenoxy) is 1. The van der Waals surface area contributed by atoms with Crippen molar-refractivity contribution in [1.29, 1.82) is 0 Å². The van der Waals surface area contributed by atoms with E-state index < -0.39 is 0 Å². The molecule has 0 heterocycles. The number of rotatable bonds is 6. The number of carbonyl (C=O) groups is 2. The maximum Gasteiger partial charge on any atom is 0.259 e. The molecular weight excluding hydrogens is 268 g/mol. The second-order valence-corrected chi connectivity index (χ2v) is 4.85. The van der Waals surface area contributed by atoms with Gasteiger partial charge in [-0.2, -0.15) is 0 Å². The van der Waals surface area contributed by atoms with Crippen LogP contribution in [-0.4, -0.2) is 37.4 Å². The Labute approximate surface area is 125 Å². The van der Waals surface area contributed by atoms with Crippen LogP contribution in [0.15, 0.2) is 35.9 Å². The molecule has 1 N–H and O–H groups in total. The monoisotopic (exact) mass is 290 g/mol. The van der Waals surface area contributed by atoms with E-state index in [0.29, 0.717) is 17.0 Å². The Morgan fingerprint density at radius 1 is 1.24 bits per heavy atom. The molecule has 1 rings (SSSR count). The van der Waals surface area contributed by atoms with Gasteiger partial charge in [-0.05, 0) is 37.6 Å². The number of hydrogen-bond acceptors (Lipinski definition) is 3. The SMILES string of the molecule is CC/C=C(\C)C(=O)Nc1ccc(OCC(=O)N(C)C)cc1. The summed E-state index contributed by atoms with van der Waals surface area (Å²) in [5, 5.41) is 2.80. The van der Waals surface area contributed by atoms with E-state index in [4.69, 9.17) is 4.74 Å². The van der Waals surface area contributed by atoms with Crippen molar-refractivity contribution in [2.24, 2.45) is 0 Å². The highest BCUT2D eigenvalue weighted by atomic mass is 16.5. The number of benzene rings is 1. The zero-order valence-corrected chi connectivity index (χ0v) is 13.0. The van der Waals surface area contributed by atoms with E-state index in [1.54, 1.807) is 45.3 Å². The van der Waals surface area contributed by atoms with Crippen LogP contribution in [0.5, 0.6) is 5.75 Å². The zero-order chi connectivity index (χ0) is 15.8. The van der Waals surface area contributed by atoms with Crippen LogP contribution in [0.25, 0.3) is 0 Å². The van der Waals surface area contributed by atoms with Crippen molar-refractivity contribution in [3.8, 4) is 5.75 Å². The van der Waals surface area contributed by atoms with Gasteiger partial charge in [-0.25, -0.2) is 0 Å². The summed E-state index contributed by atoms with van der Waals surface area (Å²) in [7, 11) is 3.35. The number of amides is 2. The lowest BCUT2D eigenvalue weighted by Crippen LogP contribution is -2.27. The largest absolute Gasteiger partial charge is 0.484 e. The van der Waals surface area contributed by atoms with Gasteiger partial charge in [-0.15, -0.1) is 0 Å². The average molecular weight is 290 g/mol. The van der Waals surface area contributed by atoms with Crippen molar-refractivity contribution in [1.82, 2.24) is 4.90 Å². The predicted molar refractivity (Wildman–Crippen MR) is 83.3 cm³/mol. The third kappa shape index (κ3) is 5.69. The summed E-state index contributed by atoms with van der Waals surface area (Å²) in [6.07, 6.45) is 2.70. The number of allylic oxidation sites excluding steroid dienone is 1. The molecule has 1 aromatic rings. The molecule has 0 saturated heterocycles. The van der Waals surface area contributed by atoms with Crippen molar-refractivity contribution in [3.63, 3.8) is 0 Å². The van der Waals surface area contributed by atoms with E-state index in [1.165, 1.54) is 4.90 Å². The molecule has 2 amide bonds. The number of anilines is 1. The molecule has 5 heteroatoms. The van der Waals surface area contributed by atoms with Gasteiger partial charge in [0.2, 0.25) is 0 Å². The molecule has 5 nitrogen and oxygen atoms in total. The first-order valence-corrected chi connectivity index (χ1v) is 6.85. The molecule has 0 aliphatic rings. The highest BCUT2D eigenvalue weighted by Gasteiger charge is 2.06. The average Bonchev–Trinajstić information content (AvgIpc) is 2.46. The smallest absolute Gasteiger partial charge is 0.259 e. The van der Waals surface area contributed by atoms with Crippen LogP contribution in [0.2, 0.25) is 0 Å². The van der Waals surface area contributed by atoms with E-state index in [1.807, 2.05) is 13.0 Å². The minimum absolute atomic E-state index is 0.00292. The summed E-state index contributed by atoms with van der Waals surface area (Å²) in [5.74, 6) is 0.366.